The van der Waals surface area contributed by atoms with Crippen molar-refractivity contribution < 1.29 is 28.2 Å². The molecule has 1 fully saturated rings. The molecule has 0 unspecified atom stereocenters. The Morgan fingerprint density at radius 2 is 2.03 bits per heavy atom. The van der Waals surface area contributed by atoms with Gasteiger partial charge in [-0.15, -0.1) is 11.3 Å². The third-order valence-corrected chi connectivity index (χ3v) is 6.95. The van der Waals surface area contributed by atoms with E-state index in [1.807, 2.05) is 37.3 Å². The number of hydrogen-bond donors (Lipinski definition) is 1. The summed E-state index contributed by atoms with van der Waals surface area (Å²) < 4.78 is 33.0. The lowest BCUT2D eigenvalue weighted by Gasteiger charge is -2.22. The number of alkyl halides is 2. The first kappa shape index (κ1) is 25.1. The van der Waals surface area contributed by atoms with E-state index in [2.05, 4.69) is 4.74 Å². The van der Waals surface area contributed by atoms with Crippen LogP contribution in [0.5, 0.6) is 0 Å². The molecule has 0 aliphatic carbocycles. The van der Waals surface area contributed by atoms with Crippen molar-refractivity contribution in [2.45, 2.75) is 50.7 Å². The second kappa shape index (κ2) is 11.0. The van der Waals surface area contributed by atoms with Gasteiger partial charge in [0.2, 0.25) is 0 Å². The fourth-order valence-corrected chi connectivity index (χ4v) is 4.91. The van der Waals surface area contributed by atoms with Gasteiger partial charge in [0, 0.05) is 17.8 Å². The largest absolute Gasteiger partial charge is 0.465 e. The van der Waals surface area contributed by atoms with Crippen molar-refractivity contribution in [3.63, 3.8) is 0 Å². The van der Waals surface area contributed by atoms with Gasteiger partial charge in [0.05, 0.1) is 19.3 Å². The number of benzene rings is 1. The average Bonchev–Trinajstić information content (AvgIpc) is 3.35. The minimum Gasteiger partial charge on any atom is -0.465 e. The number of ether oxygens (including phenoxy) is 1. The molecule has 2 heterocycles. The molecule has 0 radical (unpaired) electrons. The summed E-state index contributed by atoms with van der Waals surface area (Å²) in [5, 5.41) is 10.5. The highest BCUT2D eigenvalue weighted by molar-refractivity contribution is 7.13. The molecule has 1 aliphatic heterocycles. The van der Waals surface area contributed by atoms with E-state index in [0.717, 1.165) is 10.4 Å². The van der Waals surface area contributed by atoms with Crippen molar-refractivity contribution in [2.24, 2.45) is 5.92 Å². The molecule has 33 heavy (non-hydrogen) atoms. The summed E-state index contributed by atoms with van der Waals surface area (Å²) in [7, 11) is 1.31. The Hall–Kier alpha value is -2.58. The third-order valence-electron chi connectivity index (χ3n) is 5.82. The van der Waals surface area contributed by atoms with Gasteiger partial charge in [0.15, 0.2) is 0 Å². The highest BCUT2D eigenvalue weighted by Gasteiger charge is 2.52. The molecule has 8 heteroatoms. The molecule has 1 N–H and O–H groups in total. The Balaban J connectivity index is 1.58. The number of aliphatic hydroxyl groups excluding tert-OH is 1. The molecular formula is C25H29F2NO4S. The zero-order valence-electron chi connectivity index (χ0n) is 18.7. The zero-order valence-corrected chi connectivity index (χ0v) is 19.6. The fourth-order valence-electron chi connectivity index (χ4n) is 3.94. The second-order valence-electron chi connectivity index (χ2n) is 8.38. The van der Waals surface area contributed by atoms with Crippen LogP contribution in [0.3, 0.4) is 0 Å². The number of nitrogens with zero attached hydrogens (tertiary/aromatic N) is 1. The Kier molecular flexibility index (Phi) is 8.37. The van der Waals surface area contributed by atoms with Crippen molar-refractivity contribution in [3.05, 3.63) is 69.9 Å². The van der Waals surface area contributed by atoms with Gasteiger partial charge in [-0.25, -0.2) is 4.79 Å². The van der Waals surface area contributed by atoms with Crippen LogP contribution in [0.2, 0.25) is 0 Å². The summed E-state index contributed by atoms with van der Waals surface area (Å²) in [6, 6.07) is 12.5. The topological polar surface area (TPSA) is 66.8 Å². The number of amides is 1. The maximum atomic E-state index is 14.2. The monoisotopic (exact) mass is 477 g/mol. The molecule has 0 spiro atoms. The lowest BCUT2D eigenvalue weighted by molar-refractivity contribution is -0.148. The number of methoxy groups -OCH3 is 1. The van der Waals surface area contributed by atoms with Crippen LogP contribution < -0.4 is 0 Å². The van der Waals surface area contributed by atoms with E-state index < -0.39 is 36.4 Å². The van der Waals surface area contributed by atoms with Gasteiger partial charge in [-0.05, 0) is 42.9 Å². The van der Waals surface area contributed by atoms with Crippen LogP contribution in [0.4, 0.5) is 8.78 Å². The fraction of sp³-hybridized carbons (Fsp3) is 0.440. The summed E-state index contributed by atoms with van der Waals surface area (Å²) in [6.45, 7) is 2.07. The number of carbonyl (C=O) groups excluding carboxylic acids is 2. The first-order valence-electron chi connectivity index (χ1n) is 11.0. The lowest BCUT2D eigenvalue weighted by Crippen LogP contribution is -2.37. The first-order chi connectivity index (χ1) is 15.7. The molecule has 1 saturated heterocycles. The molecule has 5 nitrogen and oxygen atoms in total. The Labute approximate surface area is 196 Å². The number of carbonyl (C=O) groups is 2. The first-order valence-corrected chi connectivity index (χ1v) is 11.8. The highest BCUT2D eigenvalue weighted by atomic mass is 32.1. The molecule has 0 bridgehead atoms. The van der Waals surface area contributed by atoms with Gasteiger partial charge in [0.1, 0.15) is 4.88 Å². The van der Waals surface area contributed by atoms with Crippen LogP contribution in [0.25, 0.3) is 0 Å². The van der Waals surface area contributed by atoms with E-state index in [9.17, 15) is 23.5 Å². The highest BCUT2D eigenvalue weighted by Crippen LogP contribution is 2.34. The Bertz CT molecular complexity index is 976. The van der Waals surface area contributed by atoms with Crippen molar-refractivity contribution in [1.29, 1.82) is 0 Å². The maximum absolute atomic E-state index is 14.2. The number of aryl methyl sites for hydroxylation is 1. The second-order valence-corrected chi connectivity index (χ2v) is 9.55. The number of thiophene rings is 1. The average molecular weight is 478 g/mol. The van der Waals surface area contributed by atoms with E-state index in [1.54, 1.807) is 12.1 Å². The van der Waals surface area contributed by atoms with Crippen molar-refractivity contribution >= 4 is 23.2 Å². The van der Waals surface area contributed by atoms with E-state index in [1.165, 1.54) is 35.5 Å². The van der Waals surface area contributed by atoms with Gasteiger partial charge in [-0.1, -0.05) is 49.4 Å². The van der Waals surface area contributed by atoms with Gasteiger partial charge >= 0.3 is 11.9 Å². The number of esters is 1. The van der Waals surface area contributed by atoms with Crippen LogP contribution >= 0.6 is 11.3 Å². The molecule has 178 valence electrons. The predicted molar refractivity (Wildman–Crippen MR) is 124 cm³/mol. The Morgan fingerprint density at radius 3 is 2.73 bits per heavy atom. The molecule has 3 rings (SSSR count). The van der Waals surface area contributed by atoms with Crippen LogP contribution in [0, 0.1) is 5.92 Å². The third kappa shape index (κ3) is 6.48. The number of aliphatic hydroxyl groups is 1. The predicted octanol–water partition coefficient (Wildman–Crippen LogP) is 4.50. The Morgan fingerprint density at radius 1 is 1.30 bits per heavy atom. The molecule has 1 aliphatic rings. The molecule has 0 saturated carbocycles. The van der Waals surface area contributed by atoms with E-state index in [0.29, 0.717) is 24.1 Å². The standard InChI is InChI=1S/C25H29F2NO4S/c1-17(15-18-7-4-3-5-8-18)21(29)12-10-19-16-25(26,27)24(31)28(19)14-6-9-20-11-13-22(33-20)23(30)32-2/h3-5,7-8,10-13,17,19,21,29H,6,9,14-16H2,1-2H3/t17-,19+,21-/m1/s1. The lowest BCUT2D eigenvalue weighted by atomic mass is 9.95. The SMILES string of the molecule is COC(=O)c1ccc(CCCN2C(=O)C(F)(F)C[C@@H]2C=C[C@@H](O)[C@H](C)Cc2ccccc2)s1. The molecule has 2 aromatic rings. The molecular weight excluding hydrogens is 448 g/mol. The molecule has 3 atom stereocenters. The van der Waals surface area contributed by atoms with Crippen molar-refractivity contribution in [3.8, 4) is 0 Å². The number of halogens is 2. The normalized spacial score (nSPS) is 19.7. The minimum atomic E-state index is -3.41. The van der Waals surface area contributed by atoms with Crippen molar-refractivity contribution in [2.75, 3.05) is 13.7 Å². The molecule has 1 aromatic heterocycles. The van der Waals surface area contributed by atoms with E-state index >= 15 is 0 Å². The summed E-state index contributed by atoms with van der Waals surface area (Å²) in [5.41, 5.74) is 1.09. The number of rotatable bonds is 10. The zero-order chi connectivity index (χ0) is 24.0. The summed E-state index contributed by atoms with van der Waals surface area (Å²) in [6.07, 6.45) is 3.37. The van der Waals surface area contributed by atoms with Crippen molar-refractivity contribution in [1.82, 2.24) is 4.90 Å². The van der Waals surface area contributed by atoms with Gasteiger partial charge < -0.3 is 14.7 Å². The summed E-state index contributed by atoms with van der Waals surface area (Å²) in [5.74, 6) is -5.09. The minimum absolute atomic E-state index is 0.0995. The van der Waals surface area contributed by atoms with E-state index in [-0.39, 0.29) is 12.5 Å². The van der Waals surface area contributed by atoms with E-state index in [4.69, 9.17) is 0 Å². The summed E-state index contributed by atoms with van der Waals surface area (Å²) >= 11 is 1.29. The van der Waals surface area contributed by atoms with Crippen LogP contribution in [0.15, 0.2) is 54.6 Å². The van der Waals surface area contributed by atoms with Crippen LogP contribution in [-0.2, 0) is 22.4 Å². The number of likely N-dealkylation sites (tertiary alicyclic amines) is 1. The van der Waals surface area contributed by atoms with Gasteiger partial charge in [-0.3, -0.25) is 4.79 Å². The number of hydrogen-bond acceptors (Lipinski definition) is 5. The van der Waals surface area contributed by atoms with Gasteiger partial charge in [-0.2, -0.15) is 8.78 Å². The smallest absolute Gasteiger partial charge is 0.348 e. The molecule has 1 amide bonds. The quantitative estimate of drug-likeness (QED) is 0.404. The van der Waals surface area contributed by atoms with Crippen LogP contribution in [-0.4, -0.2) is 53.6 Å². The maximum Gasteiger partial charge on any atom is 0.348 e. The summed E-state index contributed by atoms with van der Waals surface area (Å²) in [4.78, 5) is 26.4. The van der Waals surface area contributed by atoms with Gasteiger partial charge in [0.25, 0.3) is 5.91 Å². The molecule has 1 aromatic carbocycles. The van der Waals surface area contributed by atoms with Crippen LogP contribution in [0.1, 0.15) is 39.9 Å².